The number of likely N-dealkylation sites (N-methyl/N-ethyl adjacent to an activating group) is 1. The minimum atomic E-state index is -4.64. The van der Waals surface area contributed by atoms with Gasteiger partial charge in [-0.15, -0.1) is 0 Å². The van der Waals surface area contributed by atoms with E-state index in [2.05, 4.69) is 62.5 Å². The van der Waals surface area contributed by atoms with Crippen LogP contribution in [0.4, 0.5) is 0 Å². The Kier molecular flexibility index (Phi) is 65.8. The van der Waals surface area contributed by atoms with Gasteiger partial charge in [0.2, 0.25) is 0 Å². The van der Waals surface area contributed by atoms with Gasteiger partial charge in [0.05, 0.1) is 27.7 Å². The average molecular weight is 1230 g/mol. The molecule has 10 heteroatoms. The van der Waals surface area contributed by atoms with Gasteiger partial charge in [-0.3, -0.25) is 14.2 Å². The molecule has 0 N–H and O–H groups in total. The van der Waals surface area contributed by atoms with Crippen LogP contribution in [0.1, 0.15) is 373 Å². The summed E-state index contributed by atoms with van der Waals surface area (Å²) in [7, 11) is 1.18. The zero-order valence-electron chi connectivity index (χ0n) is 57.8. The number of carbonyl (C=O) groups is 2. The molecule has 0 rings (SSSR count). The molecular weight excluding hydrogens is 1090 g/mol. The van der Waals surface area contributed by atoms with Crippen LogP contribution in [0.3, 0.4) is 0 Å². The number of allylic oxidation sites excluding steroid dienone is 8. The Morgan fingerprint density at radius 2 is 0.663 bits per heavy atom. The third kappa shape index (κ3) is 71.1. The lowest BCUT2D eigenvalue weighted by Gasteiger charge is -2.28. The number of nitrogens with zero attached hydrogens (tertiary/aromatic N) is 1. The summed E-state index contributed by atoms with van der Waals surface area (Å²) in [5.74, 6) is -0.812. The molecule has 0 bridgehead atoms. The molecule has 0 aromatic heterocycles. The van der Waals surface area contributed by atoms with Crippen LogP contribution < -0.4 is 4.89 Å². The molecule has 0 heterocycles. The van der Waals surface area contributed by atoms with Crippen LogP contribution >= 0.6 is 7.82 Å². The minimum absolute atomic E-state index is 0.0287. The van der Waals surface area contributed by atoms with E-state index in [0.717, 1.165) is 64.2 Å². The number of carbonyl (C=O) groups excluding carboxylic acids is 2. The second-order valence-electron chi connectivity index (χ2n) is 26.6. The maximum atomic E-state index is 12.9. The fourth-order valence-electron chi connectivity index (χ4n) is 11.2. The van der Waals surface area contributed by atoms with Crippen LogP contribution in [0, 0.1) is 0 Å². The zero-order chi connectivity index (χ0) is 62.6. The Bertz CT molecular complexity index is 1590. The summed E-state index contributed by atoms with van der Waals surface area (Å²) in [5, 5.41) is 0. The number of hydrogen-bond acceptors (Lipinski definition) is 8. The average Bonchev–Trinajstić information content (AvgIpc) is 3.67. The molecule has 0 amide bonds. The fourth-order valence-corrected chi connectivity index (χ4v) is 11.9. The van der Waals surface area contributed by atoms with Gasteiger partial charge in [-0.25, -0.2) is 0 Å². The Balaban J connectivity index is 3.95. The molecule has 0 aromatic carbocycles. The first-order valence-electron chi connectivity index (χ1n) is 37.3. The molecule has 0 saturated heterocycles. The van der Waals surface area contributed by atoms with Crippen molar-refractivity contribution in [3.05, 3.63) is 48.6 Å². The van der Waals surface area contributed by atoms with E-state index in [4.69, 9.17) is 18.5 Å². The Morgan fingerprint density at radius 1 is 0.372 bits per heavy atom. The van der Waals surface area contributed by atoms with Crippen molar-refractivity contribution in [1.29, 1.82) is 0 Å². The highest BCUT2D eigenvalue weighted by Gasteiger charge is 2.22. The number of hydrogen-bond donors (Lipinski definition) is 0. The SMILES string of the molecule is CC/C=C\C/C=C\C/C=C\C/C=C\CCCCCCCCCCCCCCCCCCC(=O)OC(COC(=O)CCCCCCCCCCCCCCCCCCCCCCCCCCCCCCCCCCC)COP(=O)([O-])OCC[N+](C)(C)C. The fraction of sp³-hybridized carbons (Fsp3) is 0.868. The third-order valence-electron chi connectivity index (χ3n) is 16.9. The van der Waals surface area contributed by atoms with Gasteiger partial charge in [0.25, 0.3) is 7.82 Å². The van der Waals surface area contributed by atoms with E-state index in [0.29, 0.717) is 17.4 Å². The van der Waals surface area contributed by atoms with Gasteiger partial charge in [0.15, 0.2) is 6.10 Å². The zero-order valence-corrected chi connectivity index (χ0v) is 58.7. The molecule has 2 atom stereocenters. The lowest BCUT2D eigenvalue weighted by molar-refractivity contribution is -0.870. The molecule has 0 spiro atoms. The quantitative estimate of drug-likeness (QED) is 0.0195. The van der Waals surface area contributed by atoms with Crippen LogP contribution in [-0.4, -0.2) is 70.0 Å². The van der Waals surface area contributed by atoms with Gasteiger partial charge in [-0.1, -0.05) is 358 Å². The summed E-state index contributed by atoms with van der Waals surface area (Å²) in [6, 6.07) is 0. The molecule has 0 aliphatic carbocycles. The lowest BCUT2D eigenvalue weighted by Crippen LogP contribution is -2.37. The van der Waals surface area contributed by atoms with E-state index < -0.39 is 26.5 Å². The predicted molar refractivity (Wildman–Crippen MR) is 370 cm³/mol. The first-order chi connectivity index (χ1) is 42.0. The second-order valence-corrected chi connectivity index (χ2v) is 28.1. The normalized spacial score (nSPS) is 13.3. The monoisotopic (exact) mass is 1230 g/mol. The summed E-state index contributed by atoms with van der Waals surface area (Å²) >= 11 is 0. The summed E-state index contributed by atoms with van der Waals surface area (Å²) < 4.78 is 34.4. The highest BCUT2D eigenvalue weighted by atomic mass is 31.2. The molecule has 86 heavy (non-hydrogen) atoms. The van der Waals surface area contributed by atoms with Crippen molar-refractivity contribution in [1.82, 2.24) is 0 Å². The van der Waals surface area contributed by atoms with Gasteiger partial charge in [0.1, 0.15) is 19.8 Å². The largest absolute Gasteiger partial charge is 0.756 e. The number of phosphoric ester groups is 1. The Hall–Kier alpha value is -2.03. The number of ether oxygens (including phenoxy) is 2. The van der Waals surface area contributed by atoms with Gasteiger partial charge < -0.3 is 27.9 Å². The van der Waals surface area contributed by atoms with Crippen molar-refractivity contribution < 1.29 is 42.1 Å². The van der Waals surface area contributed by atoms with Crippen molar-refractivity contribution in [2.24, 2.45) is 0 Å². The molecule has 0 radical (unpaired) electrons. The number of quaternary nitrogens is 1. The second kappa shape index (κ2) is 67.4. The molecule has 0 aliphatic rings. The van der Waals surface area contributed by atoms with Crippen LogP contribution in [0.25, 0.3) is 0 Å². The number of rotatable bonds is 70. The van der Waals surface area contributed by atoms with Gasteiger partial charge in [0, 0.05) is 12.8 Å². The lowest BCUT2D eigenvalue weighted by atomic mass is 10.0. The van der Waals surface area contributed by atoms with Gasteiger partial charge in [-0.2, -0.15) is 0 Å². The van der Waals surface area contributed by atoms with E-state index in [1.54, 1.807) is 0 Å². The number of phosphoric acid groups is 1. The third-order valence-corrected chi connectivity index (χ3v) is 17.8. The van der Waals surface area contributed by atoms with Crippen molar-refractivity contribution in [2.75, 3.05) is 47.5 Å². The van der Waals surface area contributed by atoms with Crippen molar-refractivity contribution in [3.63, 3.8) is 0 Å². The summed E-state index contributed by atoms with van der Waals surface area (Å²) in [4.78, 5) is 38.1. The highest BCUT2D eigenvalue weighted by molar-refractivity contribution is 7.45. The molecule has 0 fully saturated rings. The van der Waals surface area contributed by atoms with Crippen molar-refractivity contribution in [2.45, 2.75) is 380 Å². The Labute approximate surface area is 534 Å². The van der Waals surface area contributed by atoms with Crippen LogP contribution in [0.2, 0.25) is 0 Å². The topological polar surface area (TPSA) is 111 Å². The van der Waals surface area contributed by atoms with E-state index >= 15 is 0 Å². The maximum Gasteiger partial charge on any atom is 0.306 e. The Morgan fingerprint density at radius 3 is 0.988 bits per heavy atom. The molecule has 0 aliphatic heterocycles. The molecule has 506 valence electrons. The number of esters is 2. The van der Waals surface area contributed by atoms with E-state index in [-0.39, 0.29) is 32.0 Å². The molecule has 0 aromatic rings. The van der Waals surface area contributed by atoms with E-state index in [1.165, 1.54) is 276 Å². The van der Waals surface area contributed by atoms with E-state index in [1.807, 2.05) is 21.1 Å². The van der Waals surface area contributed by atoms with Crippen LogP contribution in [-0.2, 0) is 32.7 Å². The highest BCUT2D eigenvalue weighted by Crippen LogP contribution is 2.38. The van der Waals surface area contributed by atoms with Crippen LogP contribution in [0.15, 0.2) is 48.6 Å². The smallest absolute Gasteiger partial charge is 0.306 e. The molecular formula is C76H144NO8P. The van der Waals surface area contributed by atoms with Crippen molar-refractivity contribution in [3.8, 4) is 0 Å². The molecule has 0 saturated carbocycles. The summed E-state index contributed by atoms with van der Waals surface area (Å²) in [5.41, 5.74) is 0. The minimum Gasteiger partial charge on any atom is -0.756 e. The van der Waals surface area contributed by atoms with Gasteiger partial charge in [-0.05, 0) is 51.4 Å². The number of unbranched alkanes of at least 4 members (excludes halogenated alkanes) is 48. The summed E-state index contributed by atoms with van der Waals surface area (Å²) in [6.45, 7) is 4.20. The maximum absolute atomic E-state index is 12.9. The molecule has 9 nitrogen and oxygen atoms in total. The predicted octanol–water partition coefficient (Wildman–Crippen LogP) is 23.8. The summed E-state index contributed by atoms with van der Waals surface area (Å²) in [6.07, 6.45) is 87.9. The van der Waals surface area contributed by atoms with Crippen molar-refractivity contribution >= 4 is 19.8 Å². The van der Waals surface area contributed by atoms with Crippen LogP contribution in [0.5, 0.6) is 0 Å². The van der Waals surface area contributed by atoms with Gasteiger partial charge >= 0.3 is 11.9 Å². The first kappa shape index (κ1) is 84.0. The van der Waals surface area contributed by atoms with E-state index in [9.17, 15) is 19.0 Å². The standard InChI is InChI=1S/C76H144NO8P/c1-6-8-10-12-14-16-18-20-22-24-26-28-30-32-34-36-37-38-39-41-42-44-46-48-50-52-54-56-58-60-62-64-66-68-75(78)82-72-74(73-84-86(80,81)83-71-70-77(3,4)5)85-76(79)69-67-65-63-61-59-57-55-53-51-49-47-45-43-40-35-33-31-29-27-25-23-21-19-17-15-13-11-9-7-2/h9,11,15,17,21,23,27,29,74H,6-8,10,12-14,16,18-20,22,24-26,28,30-73H2,1-5H3/b11-9-,17-15-,23-21-,29-27-. The first-order valence-corrected chi connectivity index (χ1v) is 38.8. The molecule has 2 unspecified atom stereocenters.